The average molecular weight is 172 g/mol. The van der Waals surface area contributed by atoms with Gasteiger partial charge < -0.3 is 0 Å². The number of hydrogen-bond donors (Lipinski definition) is 1. The van der Waals surface area contributed by atoms with E-state index in [0.717, 1.165) is 6.07 Å². The van der Waals surface area contributed by atoms with E-state index in [1.807, 2.05) is 0 Å². The quantitative estimate of drug-likeness (QED) is 0.668. The molecule has 1 rings (SSSR count). The topological polar surface area (TPSA) is 80.1 Å². The molecule has 0 spiro atoms. The first-order valence-corrected chi connectivity index (χ1v) is 4.34. The van der Waals surface area contributed by atoms with Crippen molar-refractivity contribution in [2.24, 2.45) is 5.14 Å². The molecule has 11 heavy (non-hydrogen) atoms. The molecule has 5 heteroatoms. The second kappa shape index (κ2) is 2.52. The van der Waals surface area contributed by atoms with E-state index < -0.39 is 10.0 Å². The zero-order valence-electron chi connectivity index (χ0n) is 5.52. The lowest BCUT2D eigenvalue weighted by molar-refractivity contribution is 0.353. The van der Waals surface area contributed by atoms with Crippen LogP contribution in [0.5, 0.6) is 5.75 Å². The summed E-state index contributed by atoms with van der Waals surface area (Å²) in [5.41, 5.74) is 0. The highest BCUT2D eigenvalue weighted by Crippen LogP contribution is 2.14. The Kier molecular flexibility index (Phi) is 1.84. The van der Waals surface area contributed by atoms with Gasteiger partial charge in [-0.15, -0.1) is 0 Å². The van der Waals surface area contributed by atoms with E-state index in [1.165, 1.54) is 18.2 Å². The van der Waals surface area contributed by atoms with Gasteiger partial charge in [-0.2, -0.15) is 0 Å². The number of primary sulfonamides is 1. The molecule has 59 valence electrons. The number of benzene rings is 1. The highest BCUT2D eigenvalue weighted by atomic mass is 32.2. The molecular formula is C6H6NO3S. The minimum atomic E-state index is -3.73. The second-order valence-corrected chi connectivity index (χ2v) is 3.58. The molecular weight excluding hydrogens is 166 g/mol. The Morgan fingerprint density at radius 2 is 1.91 bits per heavy atom. The van der Waals surface area contributed by atoms with Gasteiger partial charge in [0.25, 0.3) is 0 Å². The maximum absolute atomic E-state index is 10.6. The first kappa shape index (κ1) is 8.03. The average Bonchev–Trinajstić information content (AvgIpc) is 1.86. The van der Waals surface area contributed by atoms with Crippen LogP contribution in [0.15, 0.2) is 29.2 Å². The summed E-state index contributed by atoms with van der Waals surface area (Å²) in [6.45, 7) is 0. The van der Waals surface area contributed by atoms with Crippen molar-refractivity contribution in [3.8, 4) is 5.75 Å². The van der Waals surface area contributed by atoms with Crippen LogP contribution in [0.2, 0.25) is 0 Å². The first-order valence-electron chi connectivity index (χ1n) is 2.80. The standard InChI is InChI=1S/C6H6NO3S/c7-11(9,10)6-3-1-2-5(8)4-6/h1-4H,(H2,7,9,10). The van der Waals surface area contributed by atoms with Gasteiger partial charge in [-0.1, -0.05) is 6.07 Å². The van der Waals surface area contributed by atoms with Crippen molar-refractivity contribution in [1.29, 1.82) is 0 Å². The van der Waals surface area contributed by atoms with Gasteiger partial charge in [0.15, 0.2) is 5.75 Å². The lowest BCUT2D eigenvalue weighted by Gasteiger charge is -1.95. The first-order chi connectivity index (χ1) is 5.00. The maximum atomic E-state index is 10.6. The smallest absolute Gasteiger partial charge is 0.238 e. The summed E-state index contributed by atoms with van der Waals surface area (Å²) in [5.74, 6) is -0.364. The Labute approximate surface area is 64.3 Å². The molecule has 0 aromatic heterocycles. The molecule has 0 unspecified atom stereocenters. The molecule has 1 aromatic rings. The predicted molar refractivity (Wildman–Crippen MR) is 37.9 cm³/mol. The van der Waals surface area contributed by atoms with Crippen LogP contribution in [-0.2, 0) is 15.1 Å². The van der Waals surface area contributed by atoms with Crippen LogP contribution in [0.3, 0.4) is 0 Å². The highest BCUT2D eigenvalue weighted by Gasteiger charge is 2.07. The van der Waals surface area contributed by atoms with Gasteiger partial charge in [-0.3, -0.25) is 5.11 Å². The van der Waals surface area contributed by atoms with Gasteiger partial charge in [0.05, 0.1) is 4.90 Å². The van der Waals surface area contributed by atoms with Crippen LogP contribution >= 0.6 is 0 Å². The summed E-state index contributed by atoms with van der Waals surface area (Å²) in [4.78, 5) is -0.148. The molecule has 2 N–H and O–H groups in total. The number of rotatable bonds is 1. The summed E-state index contributed by atoms with van der Waals surface area (Å²) in [6.07, 6.45) is 0. The summed E-state index contributed by atoms with van der Waals surface area (Å²) < 4.78 is 21.2. The molecule has 0 amide bonds. The van der Waals surface area contributed by atoms with Gasteiger partial charge >= 0.3 is 0 Å². The SMILES string of the molecule is NS(=O)(=O)c1cccc([O])c1. The van der Waals surface area contributed by atoms with E-state index in [2.05, 4.69) is 0 Å². The second-order valence-electron chi connectivity index (χ2n) is 2.02. The fourth-order valence-corrected chi connectivity index (χ4v) is 1.20. The summed E-state index contributed by atoms with van der Waals surface area (Å²) in [6, 6.07) is 4.86. The molecule has 0 saturated heterocycles. The van der Waals surface area contributed by atoms with E-state index in [0.29, 0.717) is 0 Å². The van der Waals surface area contributed by atoms with Gasteiger partial charge in [0.2, 0.25) is 10.0 Å². The molecule has 0 bridgehead atoms. The van der Waals surface area contributed by atoms with Crippen LogP contribution in [0.4, 0.5) is 0 Å². The summed E-state index contributed by atoms with van der Waals surface area (Å²) in [7, 11) is -3.73. The molecule has 0 fully saturated rings. The lowest BCUT2D eigenvalue weighted by atomic mass is 10.3. The van der Waals surface area contributed by atoms with Gasteiger partial charge in [-0.25, -0.2) is 13.6 Å². The fourth-order valence-electron chi connectivity index (χ4n) is 0.651. The zero-order valence-corrected chi connectivity index (χ0v) is 6.34. The van der Waals surface area contributed by atoms with Gasteiger partial charge in [0, 0.05) is 6.07 Å². The molecule has 1 aromatic carbocycles. The Balaban J connectivity index is 3.28. The fraction of sp³-hybridized carbons (Fsp3) is 0. The summed E-state index contributed by atoms with van der Waals surface area (Å²) in [5, 5.41) is 15.4. The number of nitrogens with two attached hydrogens (primary N) is 1. The molecule has 0 aliphatic heterocycles. The van der Waals surface area contributed by atoms with E-state index in [-0.39, 0.29) is 10.6 Å². The molecule has 1 radical (unpaired) electrons. The van der Waals surface area contributed by atoms with Crippen LogP contribution in [0.1, 0.15) is 0 Å². The largest absolute Gasteiger partial charge is 0.290 e. The maximum Gasteiger partial charge on any atom is 0.238 e. The Hall–Kier alpha value is -1.07. The van der Waals surface area contributed by atoms with Gasteiger partial charge in [0.1, 0.15) is 0 Å². The third-order valence-corrected chi connectivity index (χ3v) is 2.05. The van der Waals surface area contributed by atoms with Crippen molar-refractivity contribution in [3.63, 3.8) is 0 Å². The molecule has 4 nitrogen and oxygen atoms in total. The minimum absolute atomic E-state index is 0.148. The van der Waals surface area contributed by atoms with Crippen molar-refractivity contribution in [1.82, 2.24) is 0 Å². The highest BCUT2D eigenvalue weighted by molar-refractivity contribution is 7.89. The minimum Gasteiger partial charge on any atom is -0.290 e. The van der Waals surface area contributed by atoms with Crippen molar-refractivity contribution in [3.05, 3.63) is 24.3 Å². The van der Waals surface area contributed by atoms with Crippen molar-refractivity contribution in [2.45, 2.75) is 4.90 Å². The normalized spacial score (nSPS) is 11.4. The van der Waals surface area contributed by atoms with Crippen molar-refractivity contribution >= 4 is 10.0 Å². The van der Waals surface area contributed by atoms with E-state index in [4.69, 9.17) is 5.14 Å². The van der Waals surface area contributed by atoms with Crippen LogP contribution in [-0.4, -0.2) is 8.42 Å². The molecule has 0 saturated carbocycles. The molecule has 0 heterocycles. The zero-order chi connectivity index (χ0) is 8.48. The van der Waals surface area contributed by atoms with Crippen LogP contribution in [0, 0.1) is 0 Å². The van der Waals surface area contributed by atoms with Gasteiger partial charge in [-0.05, 0) is 12.1 Å². The van der Waals surface area contributed by atoms with Crippen LogP contribution < -0.4 is 5.14 Å². The van der Waals surface area contributed by atoms with Crippen molar-refractivity contribution in [2.75, 3.05) is 0 Å². The van der Waals surface area contributed by atoms with E-state index in [9.17, 15) is 13.5 Å². The Morgan fingerprint density at radius 1 is 1.27 bits per heavy atom. The Bertz CT molecular complexity index is 358. The molecule has 0 atom stereocenters. The monoisotopic (exact) mass is 172 g/mol. The van der Waals surface area contributed by atoms with E-state index >= 15 is 0 Å². The van der Waals surface area contributed by atoms with E-state index in [1.54, 1.807) is 0 Å². The van der Waals surface area contributed by atoms with Crippen molar-refractivity contribution < 1.29 is 13.5 Å². The molecule has 0 aliphatic carbocycles. The number of hydrogen-bond acceptors (Lipinski definition) is 2. The third-order valence-electron chi connectivity index (χ3n) is 1.13. The number of sulfonamides is 1. The molecule has 0 aliphatic rings. The summed E-state index contributed by atoms with van der Waals surface area (Å²) >= 11 is 0. The third kappa shape index (κ3) is 1.92. The Morgan fingerprint density at radius 3 is 2.27 bits per heavy atom. The van der Waals surface area contributed by atoms with Crippen LogP contribution in [0.25, 0.3) is 0 Å². The predicted octanol–water partition coefficient (Wildman–Crippen LogP) is 0.478. The lowest BCUT2D eigenvalue weighted by Crippen LogP contribution is -2.11.